The average molecular weight is 426 g/mol. The highest BCUT2D eigenvalue weighted by molar-refractivity contribution is 5.93. The minimum atomic E-state index is -0.215. The van der Waals surface area contributed by atoms with Crippen LogP contribution in [-0.2, 0) is 7.05 Å². The van der Waals surface area contributed by atoms with Crippen LogP contribution in [0.2, 0.25) is 0 Å². The van der Waals surface area contributed by atoms with E-state index in [9.17, 15) is 9.18 Å². The molecule has 0 spiro atoms. The number of carbonyl (C=O) groups is 1. The number of rotatable bonds is 6. The number of aromatic nitrogens is 4. The maximum absolute atomic E-state index is 13.1. The van der Waals surface area contributed by atoms with Crippen molar-refractivity contribution in [1.29, 1.82) is 0 Å². The Bertz CT molecular complexity index is 1050. The number of nitrogens with one attached hydrogen (secondary N) is 2. The fraction of sp³-hybridized carbons (Fsp3) is 0.409. The lowest BCUT2D eigenvalue weighted by molar-refractivity contribution is 0.0942. The number of carbonyl (C=O) groups excluding carboxylic acids is 1. The molecule has 0 saturated carbocycles. The van der Waals surface area contributed by atoms with Gasteiger partial charge in [-0.15, -0.1) is 0 Å². The predicted molar refractivity (Wildman–Crippen MR) is 118 cm³/mol. The SMILES string of the molecule is Cc1nn(C)c(C)c1-c1cc(C(=O)NCCN2CCN(c3ccc(F)cc3)CC2)[nH]n1. The number of hydrogen-bond acceptors (Lipinski definition) is 5. The molecule has 0 aliphatic carbocycles. The Morgan fingerprint density at radius 3 is 2.52 bits per heavy atom. The summed E-state index contributed by atoms with van der Waals surface area (Å²) < 4.78 is 14.9. The van der Waals surface area contributed by atoms with Crippen LogP contribution >= 0.6 is 0 Å². The first-order valence-electron chi connectivity index (χ1n) is 10.5. The molecule has 1 aromatic carbocycles. The van der Waals surface area contributed by atoms with Crippen molar-refractivity contribution in [3.05, 3.63) is 53.2 Å². The normalized spacial score (nSPS) is 14.8. The summed E-state index contributed by atoms with van der Waals surface area (Å²) in [6.45, 7) is 8.84. The smallest absolute Gasteiger partial charge is 0.269 e. The largest absolute Gasteiger partial charge is 0.369 e. The maximum atomic E-state index is 13.1. The molecule has 4 rings (SSSR count). The van der Waals surface area contributed by atoms with Crippen molar-refractivity contribution in [2.24, 2.45) is 7.05 Å². The van der Waals surface area contributed by atoms with Crippen molar-refractivity contribution in [3.63, 3.8) is 0 Å². The Morgan fingerprint density at radius 1 is 1.16 bits per heavy atom. The van der Waals surface area contributed by atoms with Gasteiger partial charge in [0.15, 0.2) is 0 Å². The summed E-state index contributed by atoms with van der Waals surface area (Å²) >= 11 is 0. The van der Waals surface area contributed by atoms with Gasteiger partial charge in [0.1, 0.15) is 11.5 Å². The van der Waals surface area contributed by atoms with Gasteiger partial charge >= 0.3 is 0 Å². The lowest BCUT2D eigenvalue weighted by Crippen LogP contribution is -2.48. The zero-order valence-corrected chi connectivity index (χ0v) is 18.2. The van der Waals surface area contributed by atoms with E-state index in [1.807, 2.05) is 37.7 Å². The Kier molecular flexibility index (Phi) is 6.03. The number of nitrogens with zero attached hydrogens (tertiary/aromatic N) is 5. The summed E-state index contributed by atoms with van der Waals surface area (Å²) in [6.07, 6.45) is 0. The van der Waals surface area contributed by atoms with Gasteiger partial charge in [-0.2, -0.15) is 10.2 Å². The second kappa shape index (κ2) is 8.89. The zero-order valence-electron chi connectivity index (χ0n) is 18.2. The molecule has 1 amide bonds. The van der Waals surface area contributed by atoms with Gasteiger partial charge in [-0.25, -0.2) is 4.39 Å². The monoisotopic (exact) mass is 425 g/mol. The van der Waals surface area contributed by atoms with E-state index in [1.54, 1.807) is 6.07 Å². The quantitative estimate of drug-likeness (QED) is 0.632. The molecule has 2 aromatic heterocycles. The molecule has 1 aliphatic heterocycles. The molecule has 1 aliphatic rings. The summed E-state index contributed by atoms with van der Waals surface area (Å²) in [6, 6.07) is 8.40. The van der Waals surface area contributed by atoms with Crippen LogP contribution in [0.5, 0.6) is 0 Å². The number of halogens is 1. The molecule has 9 heteroatoms. The highest BCUT2D eigenvalue weighted by atomic mass is 19.1. The minimum absolute atomic E-state index is 0.164. The lowest BCUT2D eigenvalue weighted by Gasteiger charge is -2.36. The molecule has 3 heterocycles. The maximum Gasteiger partial charge on any atom is 0.269 e. The third-order valence-electron chi connectivity index (χ3n) is 5.87. The van der Waals surface area contributed by atoms with E-state index in [-0.39, 0.29) is 11.7 Å². The van der Waals surface area contributed by atoms with Crippen molar-refractivity contribution < 1.29 is 9.18 Å². The van der Waals surface area contributed by atoms with Crippen molar-refractivity contribution >= 4 is 11.6 Å². The molecule has 1 fully saturated rings. The van der Waals surface area contributed by atoms with Crippen LogP contribution < -0.4 is 10.2 Å². The van der Waals surface area contributed by atoms with Gasteiger partial charge in [0.2, 0.25) is 0 Å². The van der Waals surface area contributed by atoms with E-state index in [2.05, 4.69) is 30.4 Å². The number of anilines is 1. The molecule has 164 valence electrons. The number of piperazine rings is 1. The van der Waals surface area contributed by atoms with Gasteiger partial charge in [-0.05, 0) is 44.2 Å². The molecular formula is C22H28FN7O. The summed E-state index contributed by atoms with van der Waals surface area (Å²) in [7, 11) is 1.89. The van der Waals surface area contributed by atoms with Crippen molar-refractivity contribution in [3.8, 4) is 11.3 Å². The summed E-state index contributed by atoms with van der Waals surface area (Å²) in [4.78, 5) is 17.1. The van der Waals surface area contributed by atoms with E-state index >= 15 is 0 Å². The summed E-state index contributed by atoms with van der Waals surface area (Å²) in [5.41, 5.74) is 5.07. The number of benzene rings is 1. The Balaban J connectivity index is 1.25. The van der Waals surface area contributed by atoms with Gasteiger partial charge < -0.3 is 10.2 Å². The molecule has 0 atom stereocenters. The Labute approximate surface area is 181 Å². The molecule has 1 saturated heterocycles. The highest BCUT2D eigenvalue weighted by Gasteiger charge is 2.19. The summed E-state index contributed by atoms with van der Waals surface area (Å²) in [5.74, 6) is -0.379. The van der Waals surface area contributed by atoms with Gasteiger partial charge in [-0.1, -0.05) is 0 Å². The van der Waals surface area contributed by atoms with E-state index < -0.39 is 0 Å². The molecule has 3 aromatic rings. The number of hydrogen-bond donors (Lipinski definition) is 2. The summed E-state index contributed by atoms with van der Waals surface area (Å²) in [5, 5.41) is 14.5. The number of H-pyrrole nitrogens is 1. The number of aromatic amines is 1. The number of amides is 1. The predicted octanol–water partition coefficient (Wildman–Crippen LogP) is 2.12. The average Bonchev–Trinajstić information content (AvgIpc) is 3.33. The topological polar surface area (TPSA) is 82.1 Å². The Morgan fingerprint density at radius 2 is 1.87 bits per heavy atom. The van der Waals surface area contributed by atoms with Crippen LogP contribution in [0.1, 0.15) is 21.9 Å². The van der Waals surface area contributed by atoms with Crippen LogP contribution in [0, 0.1) is 19.7 Å². The molecule has 0 radical (unpaired) electrons. The van der Waals surface area contributed by atoms with Gasteiger partial charge in [0.05, 0.1) is 11.4 Å². The molecule has 31 heavy (non-hydrogen) atoms. The first-order valence-corrected chi connectivity index (χ1v) is 10.5. The molecule has 8 nitrogen and oxygen atoms in total. The molecule has 0 bridgehead atoms. The fourth-order valence-corrected chi connectivity index (χ4v) is 4.01. The van der Waals surface area contributed by atoms with Crippen LogP contribution in [0.3, 0.4) is 0 Å². The van der Waals surface area contributed by atoms with Crippen LogP contribution in [0.15, 0.2) is 30.3 Å². The fourth-order valence-electron chi connectivity index (χ4n) is 4.01. The zero-order chi connectivity index (χ0) is 22.0. The molecule has 2 N–H and O–H groups in total. The van der Waals surface area contributed by atoms with Crippen LogP contribution in [-0.4, -0.2) is 70.1 Å². The van der Waals surface area contributed by atoms with Gasteiger partial charge in [-0.3, -0.25) is 19.5 Å². The van der Waals surface area contributed by atoms with Gasteiger partial charge in [0, 0.05) is 63.3 Å². The van der Waals surface area contributed by atoms with Crippen LogP contribution in [0.4, 0.5) is 10.1 Å². The first-order chi connectivity index (χ1) is 14.9. The molecule has 0 unspecified atom stereocenters. The van der Waals surface area contributed by atoms with Crippen LogP contribution in [0.25, 0.3) is 11.3 Å². The third kappa shape index (κ3) is 4.61. The standard InChI is InChI=1S/C22H28FN7O/c1-15-21(16(2)28(3)27-15)19-14-20(26-25-19)22(31)24-8-9-29-10-12-30(13-11-29)18-6-4-17(23)5-7-18/h4-7,14H,8-13H2,1-3H3,(H,24,31)(H,25,26). The van der Waals surface area contributed by atoms with E-state index in [1.165, 1.54) is 12.1 Å². The Hall–Kier alpha value is -3.20. The third-order valence-corrected chi connectivity index (χ3v) is 5.87. The second-order valence-corrected chi connectivity index (χ2v) is 7.90. The van der Waals surface area contributed by atoms with E-state index in [0.29, 0.717) is 12.2 Å². The van der Waals surface area contributed by atoms with Gasteiger partial charge in [0.25, 0.3) is 5.91 Å². The van der Waals surface area contributed by atoms with Crippen molar-refractivity contribution in [2.75, 3.05) is 44.2 Å². The van der Waals surface area contributed by atoms with Crippen molar-refractivity contribution in [1.82, 2.24) is 30.2 Å². The highest BCUT2D eigenvalue weighted by Crippen LogP contribution is 2.25. The molecular weight excluding hydrogens is 397 g/mol. The minimum Gasteiger partial charge on any atom is -0.369 e. The van der Waals surface area contributed by atoms with E-state index in [4.69, 9.17) is 0 Å². The first kappa shape index (κ1) is 21.0. The second-order valence-electron chi connectivity index (χ2n) is 7.90. The lowest BCUT2D eigenvalue weighted by atomic mass is 10.1. The van der Waals surface area contributed by atoms with E-state index in [0.717, 1.165) is 61.1 Å². The van der Waals surface area contributed by atoms with Crippen molar-refractivity contribution in [2.45, 2.75) is 13.8 Å². The number of aryl methyl sites for hydroxylation is 2.